The van der Waals surface area contributed by atoms with Gasteiger partial charge >= 0.3 is 0 Å². The van der Waals surface area contributed by atoms with Gasteiger partial charge in [0, 0.05) is 35.8 Å². The van der Waals surface area contributed by atoms with E-state index >= 15 is 0 Å². The van der Waals surface area contributed by atoms with E-state index in [0.29, 0.717) is 22.6 Å². The maximum atomic E-state index is 12.8. The van der Waals surface area contributed by atoms with Gasteiger partial charge in [-0.05, 0) is 43.9 Å². The van der Waals surface area contributed by atoms with Gasteiger partial charge in [0.1, 0.15) is 12.1 Å². The molecule has 1 unspecified atom stereocenters. The fourth-order valence-corrected chi connectivity index (χ4v) is 4.84. The Balaban J connectivity index is 1.28. The zero-order chi connectivity index (χ0) is 19.1. The molecule has 2 aromatic heterocycles. The lowest BCUT2D eigenvalue weighted by Gasteiger charge is -2.32. The topological polar surface area (TPSA) is 71.0 Å². The van der Waals surface area contributed by atoms with Crippen LogP contribution >= 0.6 is 22.9 Å². The van der Waals surface area contributed by atoms with Gasteiger partial charge < -0.3 is 10.2 Å². The minimum Gasteiger partial charge on any atom is -0.356 e. The molecule has 0 bridgehead atoms. The molecule has 2 fully saturated rings. The van der Waals surface area contributed by atoms with Gasteiger partial charge in [0.2, 0.25) is 5.91 Å². The number of carbonyl (C=O) groups excluding carboxylic acids is 1. The molecule has 1 aliphatic heterocycles. The number of thiazole rings is 1. The summed E-state index contributed by atoms with van der Waals surface area (Å²) in [6.45, 7) is 1.59. The molecule has 8 heteroatoms. The predicted molar refractivity (Wildman–Crippen MR) is 112 cm³/mol. The van der Waals surface area contributed by atoms with E-state index in [1.807, 2.05) is 18.2 Å². The molecule has 1 aromatic carbocycles. The second-order valence-electron chi connectivity index (χ2n) is 7.48. The van der Waals surface area contributed by atoms with E-state index < -0.39 is 0 Å². The van der Waals surface area contributed by atoms with Gasteiger partial charge in [0.25, 0.3) is 0 Å². The van der Waals surface area contributed by atoms with E-state index in [-0.39, 0.29) is 11.8 Å². The van der Waals surface area contributed by atoms with Crippen LogP contribution in [0.15, 0.2) is 30.6 Å². The van der Waals surface area contributed by atoms with Crippen molar-refractivity contribution in [3.63, 3.8) is 0 Å². The first-order valence-electron chi connectivity index (χ1n) is 9.59. The van der Waals surface area contributed by atoms with Gasteiger partial charge in [-0.15, -0.1) is 0 Å². The second-order valence-corrected chi connectivity index (χ2v) is 8.95. The van der Waals surface area contributed by atoms with Gasteiger partial charge in [-0.1, -0.05) is 22.9 Å². The summed E-state index contributed by atoms with van der Waals surface area (Å²) in [6, 6.07) is 7.65. The Hall–Kier alpha value is -2.25. The number of piperidine rings is 1. The number of nitrogens with zero attached hydrogens (tertiary/aromatic N) is 4. The number of anilines is 2. The van der Waals surface area contributed by atoms with Crippen molar-refractivity contribution in [2.24, 2.45) is 5.92 Å². The molecule has 2 aliphatic rings. The normalized spacial score (nSPS) is 19.8. The maximum Gasteiger partial charge on any atom is 0.231 e. The standard InChI is InChI=1S/C20H20ClN5OS/c21-14-5-6-15-17(8-14)28-20(24-15)25-19(27)13-2-1-7-26(10-13)18-9-16(12-3-4-12)22-11-23-18/h5-6,8-9,11-13H,1-4,7,10H2,(H,24,25,27). The predicted octanol–water partition coefficient (Wildman–Crippen LogP) is 4.47. The molecule has 1 aliphatic carbocycles. The number of hydrogen-bond acceptors (Lipinski definition) is 6. The van der Waals surface area contributed by atoms with Crippen LogP contribution in [0.5, 0.6) is 0 Å². The Morgan fingerprint density at radius 3 is 2.96 bits per heavy atom. The van der Waals surface area contributed by atoms with Crippen molar-refractivity contribution in [1.82, 2.24) is 15.0 Å². The number of carbonyl (C=O) groups is 1. The monoisotopic (exact) mass is 413 g/mol. The van der Waals surface area contributed by atoms with Gasteiger partial charge in [0.15, 0.2) is 5.13 Å². The quantitative estimate of drug-likeness (QED) is 0.683. The minimum atomic E-state index is -0.0799. The Kier molecular flexibility index (Phi) is 4.64. The molecule has 1 saturated carbocycles. The summed E-state index contributed by atoms with van der Waals surface area (Å²) in [6.07, 6.45) is 5.93. The molecule has 1 atom stereocenters. The average molecular weight is 414 g/mol. The lowest BCUT2D eigenvalue weighted by Crippen LogP contribution is -2.41. The van der Waals surface area contributed by atoms with Gasteiger partial charge in [-0.25, -0.2) is 15.0 Å². The fourth-order valence-electron chi connectivity index (χ4n) is 3.70. The number of aromatic nitrogens is 3. The Morgan fingerprint density at radius 1 is 1.21 bits per heavy atom. The summed E-state index contributed by atoms with van der Waals surface area (Å²) in [4.78, 5) is 28.4. The van der Waals surface area contributed by atoms with Crippen LogP contribution in [0.1, 0.15) is 37.3 Å². The number of hydrogen-bond donors (Lipinski definition) is 1. The highest BCUT2D eigenvalue weighted by atomic mass is 35.5. The molecule has 0 radical (unpaired) electrons. The molecule has 5 rings (SSSR count). The smallest absolute Gasteiger partial charge is 0.231 e. The van der Waals surface area contributed by atoms with E-state index in [0.717, 1.165) is 41.1 Å². The summed E-state index contributed by atoms with van der Waals surface area (Å²) in [5.74, 6) is 1.47. The molecule has 1 amide bonds. The molecule has 3 aromatic rings. The van der Waals surface area contributed by atoms with Gasteiger partial charge in [0.05, 0.1) is 16.1 Å². The van der Waals surface area contributed by atoms with Gasteiger partial charge in [-0.2, -0.15) is 0 Å². The molecule has 144 valence electrons. The summed E-state index contributed by atoms with van der Waals surface area (Å²) in [5.41, 5.74) is 1.98. The van der Waals surface area contributed by atoms with Crippen molar-refractivity contribution in [2.75, 3.05) is 23.3 Å². The average Bonchev–Trinajstić information content (AvgIpc) is 3.49. The highest BCUT2D eigenvalue weighted by Crippen LogP contribution is 2.39. The third-order valence-corrected chi connectivity index (χ3v) is 6.53. The van der Waals surface area contributed by atoms with Crippen LogP contribution in [0.4, 0.5) is 10.9 Å². The number of benzene rings is 1. The summed E-state index contributed by atoms with van der Waals surface area (Å²) in [7, 11) is 0. The summed E-state index contributed by atoms with van der Waals surface area (Å²) in [5, 5.41) is 4.29. The summed E-state index contributed by atoms with van der Waals surface area (Å²) < 4.78 is 0.974. The van der Waals surface area contributed by atoms with Crippen molar-refractivity contribution < 1.29 is 4.79 Å². The van der Waals surface area contributed by atoms with Gasteiger partial charge in [-0.3, -0.25) is 4.79 Å². The number of rotatable bonds is 4. The van der Waals surface area contributed by atoms with E-state index in [4.69, 9.17) is 11.6 Å². The zero-order valence-corrected chi connectivity index (χ0v) is 16.8. The largest absolute Gasteiger partial charge is 0.356 e. The second kappa shape index (κ2) is 7.29. The fraction of sp³-hybridized carbons (Fsp3) is 0.400. The highest BCUT2D eigenvalue weighted by molar-refractivity contribution is 7.22. The number of nitrogens with one attached hydrogen (secondary N) is 1. The van der Waals surface area contributed by atoms with Crippen LogP contribution in [0.3, 0.4) is 0 Å². The first-order chi connectivity index (χ1) is 13.7. The lowest BCUT2D eigenvalue weighted by molar-refractivity contribution is -0.120. The van der Waals surface area contributed by atoms with Crippen LogP contribution < -0.4 is 10.2 Å². The van der Waals surface area contributed by atoms with E-state index in [1.54, 1.807) is 6.33 Å². The Labute approximate surface area is 172 Å². The third-order valence-electron chi connectivity index (χ3n) is 5.37. The van der Waals surface area contributed by atoms with E-state index in [9.17, 15) is 4.79 Å². The molecule has 0 spiro atoms. The molecule has 1 saturated heterocycles. The first-order valence-corrected chi connectivity index (χ1v) is 10.8. The third kappa shape index (κ3) is 3.69. The first kappa shape index (κ1) is 17.8. The summed E-state index contributed by atoms with van der Waals surface area (Å²) >= 11 is 7.49. The Morgan fingerprint density at radius 2 is 2.11 bits per heavy atom. The van der Waals surface area contributed by atoms with Crippen LogP contribution in [0.25, 0.3) is 10.2 Å². The van der Waals surface area contributed by atoms with Crippen molar-refractivity contribution in [1.29, 1.82) is 0 Å². The number of amides is 1. The highest BCUT2D eigenvalue weighted by Gasteiger charge is 2.29. The number of fused-ring (bicyclic) bond motifs is 1. The van der Waals surface area contributed by atoms with Crippen molar-refractivity contribution in [3.05, 3.63) is 41.3 Å². The molecular weight excluding hydrogens is 394 g/mol. The van der Waals surface area contributed by atoms with Crippen molar-refractivity contribution in [3.8, 4) is 0 Å². The van der Waals surface area contributed by atoms with Crippen LogP contribution in [-0.4, -0.2) is 33.9 Å². The molecule has 28 heavy (non-hydrogen) atoms. The van der Waals surface area contributed by atoms with Crippen LogP contribution in [0, 0.1) is 5.92 Å². The molecule has 6 nitrogen and oxygen atoms in total. The van der Waals surface area contributed by atoms with Crippen molar-refractivity contribution in [2.45, 2.75) is 31.6 Å². The Bertz CT molecular complexity index is 1030. The maximum absolute atomic E-state index is 12.8. The molecule has 3 heterocycles. The number of halogens is 1. The molecule has 1 N–H and O–H groups in total. The lowest BCUT2D eigenvalue weighted by atomic mass is 9.97. The van der Waals surface area contributed by atoms with Crippen molar-refractivity contribution >= 4 is 50.0 Å². The minimum absolute atomic E-state index is 0.0197. The van der Waals surface area contributed by atoms with E-state index in [2.05, 4.69) is 31.2 Å². The zero-order valence-electron chi connectivity index (χ0n) is 15.3. The van der Waals surface area contributed by atoms with Crippen LogP contribution in [-0.2, 0) is 4.79 Å². The molecular formula is C20H20ClN5OS. The SMILES string of the molecule is O=C(Nc1nc2ccc(Cl)cc2s1)C1CCCN(c2cc(C3CC3)ncn2)C1. The van der Waals surface area contributed by atoms with E-state index in [1.165, 1.54) is 24.2 Å². The van der Waals surface area contributed by atoms with Crippen LogP contribution in [0.2, 0.25) is 5.02 Å².